The fourth-order valence-corrected chi connectivity index (χ4v) is 8.03. The third-order valence-corrected chi connectivity index (χ3v) is 11.2. The van der Waals surface area contributed by atoms with Crippen LogP contribution >= 0.6 is 11.6 Å². The molecule has 5 aromatic rings. The van der Waals surface area contributed by atoms with Crippen molar-refractivity contribution in [3.05, 3.63) is 89.2 Å². The van der Waals surface area contributed by atoms with E-state index in [4.69, 9.17) is 21.3 Å². The number of halogens is 1. The van der Waals surface area contributed by atoms with E-state index in [9.17, 15) is 24.0 Å². The zero-order valence-corrected chi connectivity index (χ0v) is 32.1. The Balaban J connectivity index is 0.853. The summed E-state index contributed by atoms with van der Waals surface area (Å²) in [5, 5.41) is 10.1. The number of hydrogen-bond acceptors (Lipinski definition) is 11. The van der Waals surface area contributed by atoms with Gasteiger partial charge in [-0.25, -0.2) is 9.97 Å². The van der Waals surface area contributed by atoms with Crippen LogP contribution in [-0.4, -0.2) is 100 Å². The highest BCUT2D eigenvalue weighted by atomic mass is 35.5. The normalized spacial score (nSPS) is 17.1. The van der Waals surface area contributed by atoms with Gasteiger partial charge in [-0.3, -0.25) is 34.2 Å². The molecule has 15 nitrogen and oxygen atoms in total. The average molecular weight is 790 g/mol. The lowest BCUT2D eigenvalue weighted by atomic mass is 10.0. The van der Waals surface area contributed by atoms with Gasteiger partial charge in [-0.05, 0) is 49.6 Å². The number of H-pyrrole nitrogens is 1. The molecule has 0 bridgehead atoms. The molecule has 5 heterocycles. The molecule has 3 aromatic carbocycles. The lowest BCUT2D eigenvalue weighted by Gasteiger charge is -2.38. The Bertz CT molecular complexity index is 2430. The Morgan fingerprint density at radius 1 is 0.982 bits per heavy atom. The number of carbonyl (C=O) groups is 5. The fraction of sp³-hybridized carbons (Fsp3) is 0.293. The van der Waals surface area contributed by atoms with Gasteiger partial charge in [0.2, 0.25) is 23.7 Å². The average Bonchev–Trinajstić information content (AvgIpc) is 3.76. The molecule has 0 saturated carbocycles. The number of aromatic amines is 1. The molecule has 1 atom stereocenters. The van der Waals surface area contributed by atoms with E-state index in [1.54, 1.807) is 30.3 Å². The first-order valence-electron chi connectivity index (χ1n) is 18.7. The van der Waals surface area contributed by atoms with Gasteiger partial charge in [-0.2, -0.15) is 0 Å². The van der Waals surface area contributed by atoms with E-state index < -0.39 is 29.7 Å². The van der Waals surface area contributed by atoms with E-state index in [1.165, 1.54) is 6.07 Å². The minimum Gasteiger partial charge on any atom is -0.494 e. The number of amides is 5. The predicted molar refractivity (Wildman–Crippen MR) is 215 cm³/mol. The number of aromatic nitrogens is 3. The number of imide groups is 2. The van der Waals surface area contributed by atoms with E-state index >= 15 is 0 Å². The molecule has 57 heavy (non-hydrogen) atoms. The first-order valence-corrected chi connectivity index (χ1v) is 19.1. The number of para-hydroxylation sites is 1. The van der Waals surface area contributed by atoms with Crippen molar-refractivity contribution in [1.29, 1.82) is 0 Å². The summed E-state index contributed by atoms with van der Waals surface area (Å²) in [4.78, 5) is 81.4. The molecular weight excluding hydrogens is 750 g/mol. The predicted octanol–water partition coefficient (Wildman–Crippen LogP) is 5.36. The number of hydrogen-bond donors (Lipinski definition) is 4. The molecule has 8 rings (SSSR count). The first kappa shape index (κ1) is 37.4. The minimum absolute atomic E-state index is 0.0420. The van der Waals surface area contributed by atoms with Crippen LogP contribution in [0.1, 0.15) is 52.8 Å². The van der Waals surface area contributed by atoms with Crippen LogP contribution in [0.3, 0.4) is 0 Å². The maximum atomic E-state index is 13.4. The molecule has 2 fully saturated rings. The number of anilines is 4. The zero-order valence-electron chi connectivity index (χ0n) is 31.3. The second-order valence-electron chi connectivity index (χ2n) is 14.2. The Morgan fingerprint density at radius 3 is 2.58 bits per heavy atom. The van der Waals surface area contributed by atoms with Crippen LogP contribution in [0.5, 0.6) is 5.75 Å². The summed E-state index contributed by atoms with van der Waals surface area (Å²) in [6.45, 7) is 1.71. The number of benzene rings is 3. The zero-order chi connectivity index (χ0) is 39.8. The summed E-state index contributed by atoms with van der Waals surface area (Å²) in [6, 6.07) is 17.7. The van der Waals surface area contributed by atoms with Crippen molar-refractivity contribution >= 4 is 75.1 Å². The van der Waals surface area contributed by atoms with Crippen molar-refractivity contribution in [1.82, 2.24) is 30.1 Å². The number of nitrogens with one attached hydrogen (secondary N) is 4. The molecule has 5 amide bonds. The minimum atomic E-state index is -1.05. The SMILES string of the molecule is COc1cc(N2CCC(N(C)C(=O)CCNc3cccc4c3C(=O)N(C3CCC(=O)NC3=O)C4=O)CC2)ccc1Nc1ncc(Cl)c(-c2c[nH]c3ccccc23)n1. The van der Waals surface area contributed by atoms with E-state index in [2.05, 4.69) is 30.8 Å². The summed E-state index contributed by atoms with van der Waals surface area (Å²) in [5.74, 6) is -1.32. The van der Waals surface area contributed by atoms with Gasteiger partial charge >= 0.3 is 0 Å². The van der Waals surface area contributed by atoms with E-state index in [-0.39, 0.29) is 48.9 Å². The maximum absolute atomic E-state index is 13.4. The molecule has 292 valence electrons. The number of carbonyl (C=O) groups excluding carboxylic acids is 5. The van der Waals surface area contributed by atoms with Gasteiger partial charge in [0.25, 0.3) is 11.8 Å². The number of rotatable bonds is 11. The van der Waals surface area contributed by atoms with Crippen molar-refractivity contribution in [3.63, 3.8) is 0 Å². The maximum Gasteiger partial charge on any atom is 0.264 e. The Labute approximate surface area is 332 Å². The molecule has 4 N–H and O–H groups in total. The van der Waals surface area contributed by atoms with Crippen molar-refractivity contribution < 1.29 is 28.7 Å². The second-order valence-corrected chi connectivity index (χ2v) is 14.6. The van der Waals surface area contributed by atoms with Crippen LogP contribution in [0, 0.1) is 0 Å². The van der Waals surface area contributed by atoms with Crippen molar-refractivity contribution in [2.24, 2.45) is 0 Å². The van der Waals surface area contributed by atoms with Crippen LogP contribution in [0.25, 0.3) is 22.2 Å². The molecule has 1 unspecified atom stereocenters. The third-order valence-electron chi connectivity index (χ3n) is 10.9. The van der Waals surface area contributed by atoms with Crippen LogP contribution in [0.4, 0.5) is 23.0 Å². The van der Waals surface area contributed by atoms with Gasteiger partial charge in [0.05, 0.1) is 40.8 Å². The van der Waals surface area contributed by atoms with Crippen LogP contribution in [0.15, 0.2) is 73.1 Å². The highest BCUT2D eigenvalue weighted by molar-refractivity contribution is 6.33. The van der Waals surface area contributed by atoms with Crippen molar-refractivity contribution in [2.45, 2.75) is 44.2 Å². The van der Waals surface area contributed by atoms with Crippen molar-refractivity contribution in [2.75, 3.05) is 49.3 Å². The molecule has 2 aromatic heterocycles. The molecular formula is C41H40ClN9O6. The molecule has 0 spiro atoms. The second kappa shape index (κ2) is 15.6. The summed E-state index contributed by atoms with van der Waals surface area (Å²) in [7, 11) is 3.43. The van der Waals surface area contributed by atoms with Gasteiger partial charge in [0.15, 0.2) is 0 Å². The number of methoxy groups -OCH3 is 1. The van der Waals surface area contributed by atoms with Crippen molar-refractivity contribution in [3.8, 4) is 17.0 Å². The Morgan fingerprint density at radius 2 is 1.79 bits per heavy atom. The van der Waals surface area contributed by atoms with Gasteiger partial charge in [0.1, 0.15) is 11.8 Å². The first-order chi connectivity index (χ1) is 27.6. The lowest BCUT2D eigenvalue weighted by molar-refractivity contribution is -0.136. The molecule has 3 aliphatic heterocycles. The standard InChI is InChI=1S/C41H40ClN9O6/c1-49(35(53)14-17-43-31-9-5-7-26-36(31)40(56)51(39(26)55)32-12-13-34(52)47-38(32)54)23-15-18-50(19-16-23)24-10-11-30(33(20-24)57-2)46-41-45-22-28(42)37(48-41)27-21-44-29-8-4-3-6-25(27)29/h3-11,20-23,32,43-44H,12-19H2,1-2H3,(H,45,46,48)(H,47,52,54). The molecule has 0 aliphatic carbocycles. The lowest BCUT2D eigenvalue weighted by Crippen LogP contribution is -2.54. The van der Waals surface area contributed by atoms with E-state index in [0.717, 1.165) is 53.0 Å². The summed E-state index contributed by atoms with van der Waals surface area (Å²) < 4.78 is 5.77. The van der Waals surface area contributed by atoms with E-state index in [0.29, 0.717) is 33.8 Å². The van der Waals surface area contributed by atoms with Gasteiger partial charge in [-0.1, -0.05) is 35.9 Å². The summed E-state index contributed by atoms with van der Waals surface area (Å²) in [6.07, 6.45) is 5.30. The number of nitrogens with zero attached hydrogens (tertiary/aromatic N) is 5. The monoisotopic (exact) mass is 789 g/mol. The number of fused-ring (bicyclic) bond motifs is 2. The summed E-state index contributed by atoms with van der Waals surface area (Å²) in [5.41, 5.74) is 4.92. The third kappa shape index (κ3) is 7.21. The molecule has 2 saturated heterocycles. The molecule has 0 radical (unpaired) electrons. The Hall–Kier alpha value is -6.48. The largest absolute Gasteiger partial charge is 0.494 e. The van der Waals surface area contributed by atoms with Gasteiger partial charge in [-0.15, -0.1) is 0 Å². The fourth-order valence-electron chi connectivity index (χ4n) is 7.84. The van der Waals surface area contributed by atoms with E-state index in [1.807, 2.05) is 55.7 Å². The summed E-state index contributed by atoms with van der Waals surface area (Å²) >= 11 is 6.55. The molecule has 3 aliphatic rings. The van der Waals surface area contributed by atoms with Crippen LogP contribution in [0.2, 0.25) is 5.02 Å². The van der Waals surface area contributed by atoms with Crippen LogP contribution < -0.4 is 25.6 Å². The van der Waals surface area contributed by atoms with Gasteiger partial charge in [0, 0.05) is 85.7 Å². The Kier molecular flexibility index (Phi) is 10.2. The quantitative estimate of drug-likeness (QED) is 0.127. The number of ether oxygens (including phenoxy) is 1. The smallest absolute Gasteiger partial charge is 0.264 e. The topological polar surface area (TPSA) is 182 Å². The molecule has 16 heteroatoms. The van der Waals surface area contributed by atoms with Gasteiger partial charge < -0.3 is 30.2 Å². The van der Waals surface area contributed by atoms with Crippen LogP contribution in [-0.2, 0) is 14.4 Å². The number of piperidine rings is 2. The highest BCUT2D eigenvalue weighted by Crippen LogP contribution is 2.36. The highest BCUT2D eigenvalue weighted by Gasteiger charge is 2.45.